The van der Waals surface area contributed by atoms with Gasteiger partial charge in [-0.25, -0.2) is 4.98 Å². The van der Waals surface area contributed by atoms with Crippen molar-refractivity contribution in [2.45, 2.75) is 5.25 Å². The zero-order chi connectivity index (χ0) is 14.7. The molecule has 3 rings (SSSR count). The molecule has 6 heteroatoms. The minimum absolute atomic E-state index is 0.390. The Balaban J connectivity index is 1.84. The highest BCUT2D eigenvalue weighted by atomic mass is 32.2. The molecule has 0 bridgehead atoms. The van der Waals surface area contributed by atoms with Crippen LogP contribution in [0.1, 0.15) is 5.56 Å². The van der Waals surface area contributed by atoms with Crippen LogP contribution in [0, 0.1) is 0 Å². The number of pyridine rings is 1. The van der Waals surface area contributed by atoms with Gasteiger partial charge in [-0.15, -0.1) is 0 Å². The molecule has 0 amide bonds. The summed E-state index contributed by atoms with van der Waals surface area (Å²) in [6, 6.07) is 10.1. The minimum atomic E-state index is 0.390. The molecule has 1 saturated heterocycles. The molecule has 110 valence electrons. The molecule has 1 atom stereocenters. The number of anilines is 1. The van der Waals surface area contributed by atoms with Crippen molar-refractivity contribution in [1.29, 1.82) is 0 Å². The first kappa shape index (κ1) is 14.9. The highest BCUT2D eigenvalue weighted by molar-refractivity contribution is 8.06. The maximum Gasteiger partial charge on any atom is 0.137 e. The third-order valence-corrected chi connectivity index (χ3v) is 6.44. The van der Waals surface area contributed by atoms with Crippen molar-refractivity contribution in [2.75, 3.05) is 29.1 Å². The van der Waals surface area contributed by atoms with E-state index in [1.807, 2.05) is 53.9 Å². The van der Waals surface area contributed by atoms with Gasteiger partial charge in [0.1, 0.15) is 10.8 Å². The number of nitrogens with two attached hydrogens (primary N) is 1. The van der Waals surface area contributed by atoms with Gasteiger partial charge in [-0.05, 0) is 12.1 Å². The summed E-state index contributed by atoms with van der Waals surface area (Å²) in [5.74, 6) is 4.48. The normalized spacial score (nSPS) is 18.6. The second kappa shape index (κ2) is 6.85. The molecule has 2 aromatic rings. The van der Waals surface area contributed by atoms with Crippen LogP contribution in [0.3, 0.4) is 0 Å². The summed E-state index contributed by atoms with van der Waals surface area (Å²) < 4.78 is 0. The standard InChI is InChI=1S/C15H17N3S3/c16-14(19)12-7-10-3-1-2-4-13(10)18-15(12)17-8-11-9-20-5-6-21-11/h1-4,7,11H,5-6,8-9H2,(H2,16,19)(H,17,18). The summed E-state index contributed by atoms with van der Waals surface area (Å²) in [5, 5.41) is 5.13. The average molecular weight is 336 g/mol. The Morgan fingerprint density at radius 2 is 2.24 bits per heavy atom. The Morgan fingerprint density at radius 1 is 1.38 bits per heavy atom. The van der Waals surface area contributed by atoms with Gasteiger partial charge in [0, 0.05) is 34.4 Å². The first-order valence-electron chi connectivity index (χ1n) is 6.87. The summed E-state index contributed by atoms with van der Waals surface area (Å²) in [6.07, 6.45) is 0. The van der Waals surface area contributed by atoms with Crippen LogP contribution in [0.15, 0.2) is 30.3 Å². The van der Waals surface area contributed by atoms with Gasteiger partial charge >= 0.3 is 0 Å². The van der Waals surface area contributed by atoms with Gasteiger partial charge < -0.3 is 11.1 Å². The molecule has 0 aliphatic carbocycles. The van der Waals surface area contributed by atoms with Crippen molar-refractivity contribution in [2.24, 2.45) is 5.73 Å². The quantitative estimate of drug-likeness (QED) is 0.837. The van der Waals surface area contributed by atoms with Crippen LogP contribution in [0.25, 0.3) is 10.9 Å². The molecule has 0 spiro atoms. The van der Waals surface area contributed by atoms with Crippen LogP contribution in [0.2, 0.25) is 0 Å². The number of thioether (sulfide) groups is 2. The summed E-state index contributed by atoms with van der Waals surface area (Å²) in [5.41, 5.74) is 7.65. The van der Waals surface area contributed by atoms with Crippen molar-refractivity contribution < 1.29 is 0 Å². The van der Waals surface area contributed by atoms with E-state index in [1.165, 1.54) is 17.3 Å². The van der Waals surface area contributed by atoms with E-state index >= 15 is 0 Å². The average Bonchev–Trinajstić information content (AvgIpc) is 2.53. The van der Waals surface area contributed by atoms with Crippen LogP contribution < -0.4 is 11.1 Å². The summed E-state index contributed by atoms with van der Waals surface area (Å²) in [7, 11) is 0. The first-order chi connectivity index (χ1) is 10.2. The van der Waals surface area contributed by atoms with Crippen molar-refractivity contribution in [3.63, 3.8) is 0 Å². The zero-order valence-corrected chi connectivity index (χ0v) is 14.0. The molecule has 21 heavy (non-hydrogen) atoms. The van der Waals surface area contributed by atoms with E-state index < -0.39 is 0 Å². The number of fused-ring (bicyclic) bond motifs is 1. The Morgan fingerprint density at radius 3 is 3.00 bits per heavy atom. The molecule has 1 unspecified atom stereocenters. The zero-order valence-electron chi connectivity index (χ0n) is 11.5. The second-order valence-electron chi connectivity index (χ2n) is 4.89. The fraction of sp³-hybridized carbons (Fsp3) is 0.333. The van der Waals surface area contributed by atoms with Crippen LogP contribution in [-0.2, 0) is 0 Å². The molecule has 1 aromatic carbocycles. The maximum absolute atomic E-state index is 5.86. The van der Waals surface area contributed by atoms with Gasteiger partial charge in [0.05, 0.1) is 11.1 Å². The predicted octanol–water partition coefficient (Wildman–Crippen LogP) is 3.13. The van der Waals surface area contributed by atoms with Crippen molar-refractivity contribution in [1.82, 2.24) is 4.98 Å². The molecule has 1 fully saturated rings. The topological polar surface area (TPSA) is 50.9 Å². The number of nitrogens with zero attached hydrogens (tertiary/aromatic N) is 1. The van der Waals surface area contributed by atoms with E-state index in [2.05, 4.69) is 10.3 Å². The fourth-order valence-corrected chi connectivity index (χ4v) is 5.07. The van der Waals surface area contributed by atoms with Crippen LogP contribution in [0.5, 0.6) is 0 Å². The number of hydrogen-bond acceptors (Lipinski definition) is 5. The Kier molecular flexibility index (Phi) is 4.87. The Labute approximate surface area is 138 Å². The molecule has 3 nitrogen and oxygen atoms in total. The number of thiocarbonyl (C=S) groups is 1. The molecule has 1 aromatic heterocycles. The summed E-state index contributed by atoms with van der Waals surface area (Å²) in [4.78, 5) is 5.08. The van der Waals surface area contributed by atoms with Crippen LogP contribution in [0.4, 0.5) is 5.82 Å². The number of para-hydroxylation sites is 1. The molecule has 0 saturated carbocycles. The van der Waals surface area contributed by atoms with Gasteiger partial charge in [0.25, 0.3) is 0 Å². The van der Waals surface area contributed by atoms with Gasteiger partial charge in [0.15, 0.2) is 0 Å². The van der Waals surface area contributed by atoms with Crippen LogP contribution >= 0.6 is 35.7 Å². The van der Waals surface area contributed by atoms with E-state index in [4.69, 9.17) is 18.0 Å². The predicted molar refractivity (Wildman–Crippen MR) is 99.7 cm³/mol. The lowest BCUT2D eigenvalue weighted by Gasteiger charge is -2.22. The molecular formula is C15H17N3S3. The number of aromatic nitrogens is 1. The molecule has 1 aliphatic rings. The van der Waals surface area contributed by atoms with Gasteiger partial charge in [-0.3, -0.25) is 0 Å². The van der Waals surface area contributed by atoms with Crippen molar-refractivity contribution in [3.05, 3.63) is 35.9 Å². The highest BCUT2D eigenvalue weighted by Crippen LogP contribution is 2.25. The third kappa shape index (κ3) is 3.62. The maximum atomic E-state index is 5.86. The van der Waals surface area contributed by atoms with E-state index in [9.17, 15) is 0 Å². The van der Waals surface area contributed by atoms with Gasteiger partial charge in [-0.2, -0.15) is 23.5 Å². The molecule has 3 N–H and O–H groups in total. The van der Waals surface area contributed by atoms with Crippen LogP contribution in [-0.4, -0.2) is 39.0 Å². The van der Waals surface area contributed by atoms with Crippen molar-refractivity contribution in [3.8, 4) is 0 Å². The lowest BCUT2D eigenvalue weighted by atomic mass is 10.1. The van der Waals surface area contributed by atoms with Crippen molar-refractivity contribution >= 4 is 57.5 Å². The smallest absolute Gasteiger partial charge is 0.137 e. The summed E-state index contributed by atoms with van der Waals surface area (Å²) in [6.45, 7) is 0.901. The number of hydrogen-bond donors (Lipinski definition) is 2. The largest absolute Gasteiger partial charge is 0.389 e. The lowest BCUT2D eigenvalue weighted by Crippen LogP contribution is -2.25. The fourth-order valence-electron chi connectivity index (χ4n) is 2.30. The molecular weight excluding hydrogens is 318 g/mol. The van der Waals surface area contributed by atoms with Gasteiger partial charge in [-0.1, -0.05) is 30.4 Å². The first-order valence-corrected chi connectivity index (χ1v) is 9.48. The molecule has 1 aliphatic heterocycles. The van der Waals surface area contributed by atoms with E-state index in [0.717, 1.165) is 28.8 Å². The third-order valence-electron chi connectivity index (χ3n) is 3.37. The SMILES string of the molecule is NC(=S)c1cc2ccccc2nc1NCC1CSCCS1. The van der Waals surface area contributed by atoms with E-state index in [0.29, 0.717) is 10.2 Å². The van der Waals surface area contributed by atoms with E-state index in [-0.39, 0.29) is 0 Å². The number of nitrogens with one attached hydrogen (secondary N) is 1. The monoisotopic (exact) mass is 335 g/mol. The number of rotatable bonds is 4. The lowest BCUT2D eigenvalue weighted by molar-refractivity contribution is 0.995. The highest BCUT2D eigenvalue weighted by Gasteiger charge is 2.16. The number of benzene rings is 1. The Hall–Kier alpha value is -0.980. The van der Waals surface area contributed by atoms with Gasteiger partial charge in [0.2, 0.25) is 0 Å². The molecule has 0 radical (unpaired) electrons. The Bertz CT molecular complexity index is 654. The summed E-state index contributed by atoms with van der Waals surface area (Å²) >= 11 is 9.22. The van der Waals surface area contributed by atoms with E-state index in [1.54, 1.807) is 0 Å². The minimum Gasteiger partial charge on any atom is -0.389 e. The molecule has 2 heterocycles. The second-order valence-corrected chi connectivity index (χ2v) is 7.89.